The Hall–Kier alpha value is -1.05. The predicted molar refractivity (Wildman–Crippen MR) is 78.2 cm³/mol. The summed E-state index contributed by atoms with van der Waals surface area (Å²) in [6.07, 6.45) is 5.89. The van der Waals surface area contributed by atoms with Crippen molar-refractivity contribution in [3.8, 4) is 0 Å². The molecule has 1 unspecified atom stereocenters. The first-order valence-corrected chi connectivity index (χ1v) is 7.91. The van der Waals surface area contributed by atoms with Crippen molar-refractivity contribution >= 4 is 23.4 Å². The van der Waals surface area contributed by atoms with Gasteiger partial charge in [0, 0.05) is 31.2 Å². The van der Waals surface area contributed by atoms with E-state index in [1.165, 1.54) is 37.6 Å². The van der Waals surface area contributed by atoms with Crippen LogP contribution in [0.1, 0.15) is 19.3 Å². The number of hydrogen-bond acceptors (Lipinski definition) is 7. The Morgan fingerprint density at radius 2 is 2.11 bits per heavy atom. The molecule has 6 nitrogen and oxygen atoms in total. The summed E-state index contributed by atoms with van der Waals surface area (Å²) in [5.41, 5.74) is 2.59. The maximum Gasteiger partial charge on any atom is 0.191 e. The summed E-state index contributed by atoms with van der Waals surface area (Å²) >= 11 is 1.52. The number of likely N-dealkylation sites (tertiary alicyclic amines) is 1. The van der Waals surface area contributed by atoms with Crippen LogP contribution in [0.4, 0.5) is 11.6 Å². The van der Waals surface area contributed by atoms with Crippen LogP contribution in [-0.4, -0.2) is 46.3 Å². The molecule has 0 aromatic carbocycles. The molecule has 1 atom stereocenters. The fourth-order valence-corrected chi connectivity index (χ4v) is 2.93. The van der Waals surface area contributed by atoms with Crippen LogP contribution >= 0.6 is 11.8 Å². The molecule has 7 heteroatoms. The van der Waals surface area contributed by atoms with Crippen molar-refractivity contribution in [2.45, 2.75) is 36.5 Å². The minimum atomic E-state index is 0.482. The molecular formula is C12H20N6S. The number of anilines is 2. The molecule has 1 aromatic rings. The third kappa shape index (κ3) is 3.10. The van der Waals surface area contributed by atoms with Gasteiger partial charge in [0.2, 0.25) is 0 Å². The normalized spacial score (nSPS) is 23.6. The lowest BCUT2D eigenvalue weighted by Crippen LogP contribution is -2.28. The van der Waals surface area contributed by atoms with Crippen molar-refractivity contribution in [1.29, 1.82) is 0 Å². The number of hydrazine groups is 1. The standard InChI is InChI=1S/C12H20N6S/c1-19-12-15-10(6-11(16-12)17-13)14-8-4-5-18(7-8)9-2-3-9/h6,8-9H,2-5,7,13H2,1H3,(H2,14,15,16,17). The van der Waals surface area contributed by atoms with Gasteiger partial charge >= 0.3 is 0 Å². The smallest absolute Gasteiger partial charge is 0.191 e. The molecule has 1 saturated heterocycles. The zero-order chi connectivity index (χ0) is 13.2. The molecule has 19 heavy (non-hydrogen) atoms. The molecule has 2 heterocycles. The van der Waals surface area contributed by atoms with Gasteiger partial charge in [-0.2, -0.15) is 0 Å². The van der Waals surface area contributed by atoms with Gasteiger partial charge in [0.05, 0.1) is 0 Å². The van der Waals surface area contributed by atoms with Crippen molar-refractivity contribution in [2.24, 2.45) is 5.84 Å². The Kier molecular flexibility index (Phi) is 3.76. The number of nitrogens with zero attached hydrogens (tertiary/aromatic N) is 3. The molecule has 4 N–H and O–H groups in total. The summed E-state index contributed by atoms with van der Waals surface area (Å²) < 4.78 is 0. The summed E-state index contributed by atoms with van der Waals surface area (Å²) in [5.74, 6) is 6.94. The van der Waals surface area contributed by atoms with Crippen LogP contribution < -0.4 is 16.6 Å². The van der Waals surface area contributed by atoms with E-state index in [1.54, 1.807) is 0 Å². The summed E-state index contributed by atoms with van der Waals surface area (Å²) in [6, 6.07) is 3.19. The van der Waals surface area contributed by atoms with E-state index in [1.807, 2.05) is 12.3 Å². The van der Waals surface area contributed by atoms with Crippen molar-refractivity contribution < 1.29 is 0 Å². The Balaban J connectivity index is 1.65. The first kappa shape index (κ1) is 13.0. The van der Waals surface area contributed by atoms with Gasteiger partial charge in [0.15, 0.2) is 5.16 Å². The highest BCUT2D eigenvalue weighted by Crippen LogP contribution is 2.30. The van der Waals surface area contributed by atoms with Crippen LogP contribution in [0.5, 0.6) is 0 Å². The lowest BCUT2D eigenvalue weighted by atomic mass is 10.2. The largest absolute Gasteiger partial charge is 0.366 e. The molecule has 0 amide bonds. The third-order valence-electron chi connectivity index (χ3n) is 3.67. The minimum absolute atomic E-state index is 0.482. The van der Waals surface area contributed by atoms with Gasteiger partial charge < -0.3 is 10.7 Å². The van der Waals surface area contributed by atoms with Gasteiger partial charge in [-0.3, -0.25) is 4.90 Å². The Labute approximate surface area is 117 Å². The first-order chi connectivity index (χ1) is 9.28. The zero-order valence-electron chi connectivity index (χ0n) is 11.1. The number of nitrogens with one attached hydrogen (secondary N) is 2. The molecule has 0 spiro atoms. The number of nitrogen functional groups attached to an aromatic ring is 1. The van der Waals surface area contributed by atoms with Gasteiger partial charge in [0.25, 0.3) is 0 Å². The summed E-state index contributed by atoms with van der Waals surface area (Å²) in [7, 11) is 0. The van der Waals surface area contributed by atoms with E-state index in [-0.39, 0.29) is 0 Å². The summed E-state index contributed by atoms with van der Waals surface area (Å²) in [4.78, 5) is 11.3. The summed E-state index contributed by atoms with van der Waals surface area (Å²) in [6.45, 7) is 2.32. The Morgan fingerprint density at radius 3 is 2.79 bits per heavy atom. The SMILES string of the molecule is CSc1nc(NN)cc(NC2CCN(C3CC3)C2)n1. The van der Waals surface area contributed by atoms with E-state index >= 15 is 0 Å². The van der Waals surface area contributed by atoms with Crippen molar-refractivity contribution in [3.05, 3.63) is 6.07 Å². The van der Waals surface area contributed by atoms with E-state index in [0.717, 1.165) is 23.6 Å². The molecule has 0 bridgehead atoms. The zero-order valence-corrected chi connectivity index (χ0v) is 11.9. The van der Waals surface area contributed by atoms with Crippen LogP contribution in [0.3, 0.4) is 0 Å². The highest BCUT2D eigenvalue weighted by atomic mass is 32.2. The Morgan fingerprint density at radius 1 is 1.32 bits per heavy atom. The molecule has 3 rings (SSSR count). The molecular weight excluding hydrogens is 260 g/mol. The molecule has 1 aliphatic carbocycles. The number of hydrogen-bond donors (Lipinski definition) is 3. The molecule has 1 aliphatic heterocycles. The lowest BCUT2D eigenvalue weighted by Gasteiger charge is -2.16. The van der Waals surface area contributed by atoms with Crippen LogP contribution in [0.2, 0.25) is 0 Å². The van der Waals surface area contributed by atoms with Crippen molar-refractivity contribution in [1.82, 2.24) is 14.9 Å². The third-order valence-corrected chi connectivity index (χ3v) is 4.22. The Bertz CT molecular complexity index is 428. The van der Waals surface area contributed by atoms with E-state index < -0.39 is 0 Å². The average molecular weight is 280 g/mol. The number of rotatable bonds is 5. The van der Waals surface area contributed by atoms with Crippen LogP contribution in [-0.2, 0) is 0 Å². The molecule has 2 aliphatic rings. The van der Waals surface area contributed by atoms with E-state index in [2.05, 4.69) is 25.6 Å². The highest BCUT2D eigenvalue weighted by Gasteiger charge is 2.34. The van der Waals surface area contributed by atoms with Crippen molar-refractivity contribution in [2.75, 3.05) is 30.1 Å². The predicted octanol–water partition coefficient (Wildman–Crippen LogP) is 1.13. The van der Waals surface area contributed by atoms with Gasteiger partial charge in [-0.05, 0) is 25.5 Å². The van der Waals surface area contributed by atoms with Gasteiger partial charge in [-0.25, -0.2) is 15.8 Å². The number of nitrogens with two attached hydrogens (primary N) is 1. The maximum atomic E-state index is 5.43. The second-order valence-electron chi connectivity index (χ2n) is 5.13. The first-order valence-electron chi connectivity index (χ1n) is 6.69. The highest BCUT2D eigenvalue weighted by molar-refractivity contribution is 7.98. The van der Waals surface area contributed by atoms with Crippen molar-refractivity contribution in [3.63, 3.8) is 0 Å². The van der Waals surface area contributed by atoms with Crippen LogP contribution in [0.25, 0.3) is 0 Å². The quantitative estimate of drug-likeness (QED) is 0.323. The van der Waals surface area contributed by atoms with Gasteiger partial charge in [0.1, 0.15) is 11.6 Å². The second-order valence-corrected chi connectivity index (χ2v) is 5.90. The molecule has 1 saturated carbocycles. The maximum absolute atomic E-state index is 5.43. The van der Waals surface area contributed by atoms with Gasteiger partial charge in [-0.1, -0.05) is 11.8 Å². The lowest BCUT2D eigenvalue weighted by molar-refractivity contribution is 0.326. The number of thioether (sulfide) groups is 1. The van der Waals surface area contributed by atoms with Gasteiger partial charge in [-0.15, -0.1) is 0 Å². The van der Waals surface area contributed by atoms with Crippen LogP contribution in [0.15, 0.2) is 11.2 Å². The second kappa shape index (κ2) is 5.52. The monoisotopic (exact) mass is 280 g/mol. The minimum Gasteiger partial charge on any atom is -0.366 e. The molecule has 1 aromatic heterocycles. The number of aromatic nitrogens is 2. The fourth-order valence-electron chi connectivity index (χ4n) is 2.55. The average Bonchev–Trinajstić information content (AvgIpc) is 3.19. The van der Waals surface area contributed by atoms with Crippen LogP contribution in [0, 0.1) is 0 Å². The van der Waals surface area contributed by atoms with E-state index in [0.29, 0.717) is 11.9 Å². The molecule has 2 fully saturated rings. The summed E-state index contributed by atoms with van der Waals surface area (Å²) in [5, 5.41) is 4.23. The molecule has 0 radical (unpaired) electrons. The molecule has 104 valence electrons. The fraction of sp³-hybridized carbons (Fsp3) is 0.667. The van der Waals surface area contributed by atoms with E-state index in [4.69, 9.17) is 5.84 Å². The topological polar surface area (TPSA) is 79.1 Å². The van der Waals surface area contributed by atoms with E-state index in [9.17, 15) is 0 Å².